The van der Waals surface area contributed by atoms with E-state index in [1.807, 2.05) is 0 Å². The molecule has 94 valence electrons. The number of nitrogens with two attached hydrogens (primary N) is 1. The molecular formula is C12H24N2O2. The Labute approximate surface area is 97.7 Å². The zero-order chi connectivity index (χ0) is 11.5. The van der Waals surface area contributed by atoms with Gasteiger partial charge in [0.05, 0.1) is 19.3 Å². The number of hydrogen-bond acceptors (Lipinski definition) is 4. The zero-order valence-electron chi connectivity index (χ0n) is 10.1. The van der Waals surface area contributed by atoms with Crippen molar-refractivity contribution in [2.75, 3.05) is 19.8 Å². The third-order valence-corrected chi connectivity index (χ3v) is 3.97. The SMILES string of the molecule is CC1COC(CO)CN1C1CCC(N)CC1. The summed E-state index contributed by atoms with van der Waals surface area (Å²) in [5, 5.41) is 9.16. The largest absolute Gasteiger partial charge is 0.394 e. The molecule has 0 aromatic rings. The molecule has 0 aromatic carbocycles. The molecule has 4 nitrogen and oxygen atoms in total. The van der Waals surface area contributed by atoms with Crippen molar-refractivity contribution >= 4 is 0 Å². The van der Waals surface area contributed by atoms with Gasteiger partial charge in [-0.15, -0.1) is 0 Å². The smallest absolute Gasteiger partial charge is 0.0933 e. The molecule has 2 rings (SSSR count). The molecule has 0 bridgehead atoms. The summed E-state index contributed by atoms with van der Waals surface area (Å²) in [6, 6.07) is 1.52. The van der Waals surface area contributed by atoms with Crippen LogP contribution in [0.25, 0.3) is 0 Å². The van der Waals surface area contributed by atoms with Crippen LogP contribution < -0.4 is 5.73 Å². The van der Waals surface area contributed by atoms with Crippen molar-refractivity contribution in [2.45, 2.75) is 56.8 Å². The van der Waals surface area contributed by atoms with Crippen molar-refractivity contribution in [1.29, 1.82) is 0 Å². The van der Waals surface area contributed by atoms with Gasteiger partial charge in [-0.25, -0.2) is 0 Å². The Hall–Kier alpha value is -0.160. The molecule has 1 saturated heterocycles. The van der Waals surface area contributed by atoms with E-state index in [2.05, 4.69) is 11.8 Å². The van der Waals surface area contributed by atoms with E-state index < -0.39 is 0 Å². The average molecular weight is 228 g/mol. The molecular weight excluding hydrogens is 204 g/mol. The van der Waals surface area contributed by atoms with Gasteiger partial charge in [-0.05, 0) is 32.6 Å². The van der Waals surface area contributed by atoms with E-state index in [0.29, 0.717) is 18.1 Å². The van der Waals surface area contributed by atoms with Crippen LogP contribution in [0.2, 0.25) is 0 Å². The lowest BCUT2D eigenvalue weighted by Crippen LogP contribution is -2.54. The summed E-state index contributed by atoms with van der Waals surface area (Å²) in [7, 11) is 0. The molecule has 2 atom stereocenters. The number of rotatable bonds is 2. The van der Waals surface area contributed by atoms with Crippen LogP contribution in [-0.4, -0.2) is 54.0 Å². The first kappa shape index (κ1) is 12.3. The molecule has 3 N–H and O–H groups in total. The monoisotopic (exact) mass is 228 g/mol. The molecule has 1 heterocycles. The summed E-state index contributed by atoms with van der Waals surface area (Å²) in [5.41, 5.74) is 5.93. The van der Waals surface area contributed by atoms with E-state index in [1.165, 1.54) is 12.8 Å². The second-order valence-electron chi connectivity index (χ2n) is 5.25. The van der Waals surface area contributed by atoms with Crippen LogP contribution in [0.1, 0.15) is 32.6 Å². The molecule has 1 saturated carbocycles. The van der Waals surface area contributed by atoms with Crippen molar-refractivity contribution in [3.63, 3.8) is 0 Å². The second-order valence-corrected chi connectivity index (χ2v) is 5.25. The number of nitrogens with zero attached hydrogens (tertiary/aromatic N) is 1. The van der Waals surface area contributed by atoms with Gasteiger partial charge in [0.15, 0.2) is 0 Å². The predicted octanol–water partition coefficient (Wildman–Crippen LogP) is 0.338. The molecule has 0 radical (unpaired) electrons. The maximum absolute atomic E-state index is 9.16. The molecule has 2 aliphatic rings. The van der Waals surface area contributed by atoms with E-state index >= 15 is 0 Å². The molecule has 1 aliphatic heterocycles. The van der Waals surface area contributed by atoms with E-state index in [0.717, 1.165) is 26.0 Å². The van der Waals surface area contributed by atoms with Gasteiger partial charge in [0.25, 0.3) is 0 Å². The van der Waals surface area contributed by atoms with Gasteiger partial charge < -0.3 is 15.6 Å². The van der Waals surface area contributed by atoms with Gasteiger partial charge in [-0.1, -0.05) is 0 Å². The van der Waals surface area contributed by atoms with Crippen LogP contribution in [-0.2, 0) is 4.74 Å². The molecule has 0 aromatic heterocycles. The fourth-order valence-corrected chi connectivity index (χ4v) is 2.89. The fraction of sp³-hybridized carbons (Fsp3) is 1.00. The van der Waals surface area contributed by atoms with Crippen molar-refractivity contribution in [2.24, 2.45) is 5.73 Å². The van der Waals surface area contributed by atoms with E-state index in [4.69, 9.17) is 15.6 Å². The van der Waals surface area contributed by atoms with E-state index in [-0.39, 0.29) is 12.7 Å². The summed E-state index contributed by atoms with van der Waals surface area (Å²) in [5.74, 6) is 0. The minimum absolute atomic E-state index is 0.00630. The zero-order valence-corrected chi connectivity index (χ0v) is 10.1. The van der Waals surface area contributed by atoms with Crippen LogP contribution in [0.5, 0.6) is 0 Å². The third-order valence-electron chi connectivity index (χ3n) is 3.97. The fourth-order valence-electron chi connectivity index (χ4n) is 2.89. The number of aliphatic hydroxyl groups is 1. The van der Waals surface area contributed by atoms with E-state index in [1.54, 1.807) is 0 Å². The quantitative estimate of drug-likeness (QED) is 0.715. The van der Waals surface area contributed by atoms with Gasteiger partial charge in [0, 0.05) is 24.7 Å². The Morgan fingerprint density at radius 3 is 2.62 bits per heavy atom. The molecule has 0 spiro atoms. The topological polar surface area (TPSA) is 58.7 Å². The summed E-state index contributed by atoms with van der Waals surface area (Å²) in [6.07, 6.45) is 4.68. The first-order valence-electron chi connectivity index (χ1n) is 6.44. The van der Waals surface area contributed by atoms with Crippen LogP contribution >= 0.6 is 0 Å². The Balaban J connectivity index is 1.90. The average Bonchev–Trinajstić information content (AvgIpc) is 2.31. The molecule has 2 fully saturated rings. The standard InChI is InChI=1S/C12H24N2O2/c1-9-8-16-12(7-15)6-14(9)11-4-2-10(13)3-5-11/h9-12,15H,2-8,13H2,1H3. The highest BCUT2D eigenvalue weighted by molar-refractivity contribution is 4.87. The van der Waals surface area contributed by atoms with Crippen LogP contribution in [0, 0.1) is 0 Å². The van der Waals surface area contributed by atoms with E-state index in [9.17, 15) is 0 Å². The maximum Gasteiger partial charge on any atom is 0.0933 e. The summed E-state index contributed by atoms with van der Waals surface area (Å²) < 4.78 is 5.57. The predicted molar refractivity (Wildman–Crippen MR) is 63.2 cm³/mol. The van der Waals surface area contributed by atoms with Crippen molar-refractivity contribution < 1.29 is 9.84 Å². The molecule has 1 aliphatic carbocycles. The van der Waals surface area contributed by atoms with Gasteiger partial charge in [0.2, 0.25) is 0 Å². The molecule has 16 heavy (non-hydrogen) atoms. The number of morpholine rings is 1. The highest BCUT2D eigenvalue weighted by Gasteiger charge is 2.32. The van der Waals surface area contributed by atoms with Gasteiger partial charge in [0.1, 0.15) is 0 Å². The molecule has 4 heteroatoms. The lowest BCUT2D eigenvalue weighted by Gasteiger charge is -2.44. The third kappa shape index (κ3) is 2.74. The Morgan fingerprint density at radius 1 is 1.31 bits per heavy atom. The number of aliphatic hydroxyl groups excluding tert-OH is 1. The Morgan fingerprint density at radius 2 is 2.00 bits per heavy atom. The van der Waals surface area contributed by atoms with Gasteiger partial charge in [-0.3, -0.25) is 4.90 Å². The van der Waals surface area contributed by atoms with Crippen molar-refractivity contribution in [3.05, 3.63) is 0 Å². The maximum atomic E-state index is 9.16. The highest BCUT2D eigenvalue weighted by atomic mass is 16.5. The number of ether oxygens (including phenoxy) is 1. The first-order chi connectivity index (χ1) is 7.70. The Kier molecular flexibility index (Phi) is 4.19. The lowest BCUT2D eigenvalue weighted by atomic mass is 9.89. The first-order valence-corrected chi connectivity index (χ1v) is 6.44. The van der Waals surface area contributed by atoms with Crippen LogP contribution in [0.15, 0.2) is 0 Å². The summed E-state index contributed by atoms with van der Waals surface area (Å²) in [4.78, 5) is 2.51. The minimum atomic E-state index is 0.00630. The van der Waals surface area contributed by atoms with Gasteiger partial charge >= 0.3 is 0 Å². The minimum Gasteiger partial charge on any atom is -0.394 e. The van der Waals surface area contributed by atoms with Gasteiger partial charge in [-0.2, -0.15) is 0 Å². The summed E-state index contributed by atoms with van der Waals surface area (Å²) in [6.45, 7) is 3.96. The Bertz CT molecular complexity index is 217. The highest BCUT2D eigenvalue weighted by Crippen LogP contribution is 2.26. The number of hydrogen-bond donors (Lipinski definition) is 2. The van der Waals surface area contributed by atoms with Crippen LogP contribution in [0.3, 0.4) is 0 Å². The van der Waals surface area contributed by atoms with Crippen molar-refractivity contribution in [3.8, 4) is 0 Å². The molecule has 0 amide bonds. The lowest BCUT2D eigenvalue weighted by molar-refractivity contribution is -0.0952. The molecule has 2 unspecified atom stereocenters. The van der Waals surface area contributed by atoms with Crippen molar-refractivity contribution in [1.82, 2.24) is 4.90 Å². The normalized spacial score (nSPS) is 42.2. The van der Waals surface area contributed by atoms with Crippen LogP contribution in [0.4, 0.5) is 0 Å². The second kappa shape index (κ2) is 5.45. The summed E-state index contributed by atoms with van der Waals surface area (Å²) >= 11 is 0.